The van der Waals surface area contributed by atoms with Crippen LogP contribution >= 0.6 is 0 Å². The second kappa shape index (κ2) is 9.21. The molecule has 13 heteroatoms. The van der Waals surface area contributed by atoms with Crippen molar-refractivity contribution in [3.8, 4) is 11.5 Å². The van der Waals surface area contributed by atoms with Crippen LogP contribution in [0.25, 0.3) is 22.5 Å². The maximum absolute atomic E-state index is 14.1. The van der Waals surface area contributed by atoms with Crippen molar-refractivity contribution in [2.24, 2.45) is 0 Å². The zero-order valence-corrected chi connectivity index (χ0v) is 20.0. The quantitative estimate of drug-likeness (QED) is 0.384. The summed E-state index contributed by atoms with van der Waals surface area (Å²) in [6.45, 7) is 0.739. The number of nitrogens with zero attached hydrogens (tertiary/aromatic N) is 5. The van der Waals surface area contributed by atoms with Gasteiger partial charge in [-0.1, -0.05) is 12.1 Å². The fourth-order valence-corrected chi connectivity index (χ4v) is 5.44. The van der Waals surface area contributed by atoms with Crippen LogP contribution in [0, 0.1) is 5.82 Å². The molecule has 0 amide bonds. The molecule has 5 rings (SSSR count). The van der Waals surface area contributed by atoms with Crippen molar-refractivity contribution in [1.29, 1.82) is 0 Å². The van der Waals surface area contributed by atoms with Gasteiger partial charge in [-0.15, -0.1) is 10.2 Å². The van der Waals surface area contributed by atoms with E-state index in [0.29, 0.717) is 48.1 Å². The highest BCUT2D eigenvalue weighted by molar-refractivity contribution is 7.88. The molecule has 3 heterocycles. The van der Waals surface area contributed by atoms with Crippen molar-refractivity contribution in [3.05, 3.63) is 70.2 Å². The van der Waals surface area contributed by atoms with Gasteiger partial charge in [0.05, 0.1) is 23.8 Å². The smallest absolute Gasteiger partial charge is 0.329 e. The SMILES string of the molecule is CS(=O)(=O)N1CCC(n2c(=O)n(Cc3ccc(-c4nnc(C(F)F)o4)cc3)c3cc(F)ccc32)CC1. The number of aromatic nitrogens is 4. The van der Waals surface area contributed by atoms with Crippen molar-refractivity contribution in [2.75, 3.05) is 19.3 Å². The van der Waals surface area contributed by atoms with Gasteiger partial charge in [-0.25, -0.2) is 21.9 Å². The van der Waals surface area contributed by atoms with Crippen LogP contribution in [0.15, 0.2) is 51.7 Å². The van der Waals surface area contributed by atoms with E-state index in [1.54, 1.807) is 34.9 Å². The third-order valence-corrected chi connectivity index (χ3v) is 7.65. The topological polar surface area (TPSA) is 103 Å². The van der Waals surface area contributed by atoms with Crippen molar-refractivity contribution < 1.29 is 26.0 Å². The number of fused-ring (bicyclic) bond motifs is 1. The summed E-state index contributed by atoms with van der Waals surface area (Å²) in [5.74, 6) is -1.30. The standard InChI is InChI=1S/C23H22F3N5O4S/c1-36(33,34)29-10-8-17(9-11-29)31-18-7-6-16(24)12-19(18)30(23(31)32)13-14-2-4-15(5-3-14)21-27-28-22(35-21)20(25)26/h2-7,12,17,20H,8-11,13H2,1H3. The molecule has 1 saturated heterocycles. The molecule has 190 valence electrons. The molecule has 1 fully saturated rings. The number of rotatable bonds is 6. The molecule has 0 aliphatic carbocycles. The summed E-state index contributed by atoms with van der Waals surface area (Å²) >= 11 is 0. The average Bonchev–Trinajstić information content (AvgIpc) is 3.43. The van der Waals surface area contributed by atoms with Gasteiger partial charge >= 0.3 is 12.1 Å². The molecule has 0 radical (unpaired) electrons. The van der Waals surface area contributed by atoms with Gasteiger partial charge in [0.2, 0.25) is 15.9 Å². The molecule has 0 unspecified atom stereocenters. The Morgan fingerprint density at radius 3 is 2.36 bits per heavy atom. The molecular weight excluding hydrogens is 499 g/mol. The normalized spacial score (nSPS) is 15.8. The third kappa shape index (κ3) is 4.55. The van der Waals surface area contributed by atoms with Crippen molar-refractivity contribution >= 4 is 21.1 Å². The molecule has 2 aromatic heterocycles. The number of piperidine rings is 1. The zero-order chi connectivity index (χ0) is 25.6. The summed E-state index contributed by atoms with van der Waals surface area (Å²) in [6, 6.07) is 10.5. The lowest BCUT2D eigenvalue weighted by Crippen LogP contribution is -2.40. The Kier molecular flexibility index (Phi) is 6.20. The molecule has 2 aromatic carbocycles. The summed E-state index contributed by atoms with van der Waals surface area (Å²) in [6.07, 6.45) is -0.782. The maximum Gasteiger partial charge on any atom is 0.329 e. The number of halogens is 3. The minimum absolute atomic E-state index is 0.0480. The highest BCUT2D eigenvalue weighted by Crippen LogP contribution is 2.28. The number of hydrogen-bond donors (Lipinski definition) is 0. The number of sulfonamides is 1. The van der Waals surface area contributed by atoms with Crippen LogP contribution in [0.5, 0.6) is 0 Å². The fraction of sp³-hybridized carbons (Fsp3) is 0.348. The summed E-state index contributed by atoms with van der Waals surface area (Å²) < 4.78 is 72.8. The predicted octanol–water partition coefficient (Wildman–Crippen LogP) is 3.57. The first kappa shape index (κ1) is 24.3. The maximum atomic E-state index is 14.1. The van der Waals surface area contributed by atoms with E-state index in [1.807, 2.05) is 0 Å². The minimum atomic E-state index is -3.31. The van der Waals surface area contributed by atoms with Crippen LogP contribution in [-0.4, -0.2) is 51.4 Å². The molecule has 1 aliphatic rings. The summed E-state index contributed by atoms with van der Waals surface area (Å²) in [4.78, 5) is 13.5. The van der Waals surface area contributed by atoms with Gasteiger partial charge in [-0.05, 0) is 48.7 Å². The van der Waals surface area contributed by atoms with Gasteiger partial charge < -0.3 is 4.42 Å². The first-order valence-electron chi connectivity index (χ1n) is 11.2. The van der Waals surface area contributed by atoms with E-state index >= 15 is 0 Å². The third-order valence-electron chi connectivity index (χ3n) is 6.35. The Labute approximate surface area is 203 Å². The van der Waals surface area contributed by atoms with Crippen molar-refractivity contribution in [3.63, 3.8) is 0 Å². The van der Waals surface area contributed by atoms with Gasteiger partial charge in [0.25, 0.3) is 5.89 Å². The van der Waals surface area contributed by atoms with Gasteiger partial charge in [0.1, 0.15) is 5.82 Å². The second-order valence-corrected chi connectivity index (χ2v) is 10.7. The van der Waals surface area contributed by atoms with Crippen LogP contribution in [-0.2, 0) is 16.6 Å². The molecular formula is C23H22F3N5O4S. The van der Waals surface area contributed by atoms with Gasteiger partial charge in [0, 0.05) is 24.7 Å². The molecule has 0 N–H and O–H groups in total. The van der Waals surface area contributed by atoms with Crippen LogP contribution in [0.3, 0.4) is 0 Å². The lowest BCUT2D eigenvalue weighted by molar-refractivity contribution is 0.116. The van der Waals surface area contributed by atoms with E-state index in [9.17, 15) is 26.4 Å². The fourth-order valence-electron chi connectivity index (χ4n) is 4.57. The first-order valence-corrected chi connectivity index (χ1v) is 13.0. The number of imidazole rings is 1. The average molecular weight is 522 g/mol. The Balaban J connectivity index is 1.45. The molecule has 36 heavy (non-hydrogen) atoms. The Morgan fingerprint density at radius 2 is 1.75 bits per heavy atom. The van der Waals surface area contributed by atoms with E-state index < -0.39 is 28.2 Å². The Hall–Kier alpha value is -3.45. The number of alkyl halides is 2. The van der Waals surface area contributed by atoms with E-state index in [4.69, 9.17) is 4.42 Å². The van der Waals surface area contributed by atoms with Crippen molar-refractivity contribution in [2.45, 2.75) is 31.9 Å². The monoisotopic (exact) mass is 521 g/mol. The second-order valence-electron chi connectivity index (χ2n) is 8.71. The van der Waals surface area contributed by atoms with E-state index in [-0.39, 0.29) is 24.2 Å². The highest BCUT2D eigenvalue weighted by Gasteiger charge is 2.29. The molecule has 0 atom stereocenters. The van der Waals surface area contributed by atoms with Gasteiger partial charge in [-0.2, -0.15) is 8.78 Å². The molecule has 0 saturated carbocycles. The number of hydrogen-bond acceptors (Lipinski definition) is 6. The summed E-state index contributed by atoms with van der Waals surface area (Å²) in [7, 11) is -3.31. The van der Waals surface area contributed by atoms with Crippen LogP contribution in [0.4, 0.5) is 13.2 Å². The van der Waals surface area contributed by atoms with E-state index in [1.165, 1.54) is 21.0 Å². The lowest BCUT2D eigenvalue weighted by atomic mass is 10.1. The lowest BCUT2D eigenvalue weighted by Gasteiger charge is -2.30. The molecule has 9 nitrogen and oxygen atoms in total. The molecule has 4 aromatic rings. The van der Waals surface area contributed by atoms with E-state index in [0.717, 1.165) is 6.26 Å². The van der Waals surface area contributed by atoms with Crippen molar-refractivity contribution in [1.82, 2.24) is 23.6 Å². The Morgan fingerprint density at radius 1 is 1.06 bits per heavy atom. The largest absolute Gasteiger partial charge is 0.415 e. The zero-order valence-electron chi connectivity index (χ0n) is 19.1. The summed E-state index contributed by atoms with van der Waals surface area (Å²) in [5, 5.41) is 6.94. The summed E-state index contributed by atoms with van der Waals surface area (Å²) in [5.41, 5.74) is 1.83. The predicted molar refractivity (Wildman–Crippen MR) is 125 cm³/mol. The first-order chi connectivity index (χ1) is 17.1. The minimum Gasteiger partial charge on any atom is -0.415 e. The van der Waals surface area contributed by atoms with Gasteiger partial charge in [-0.3, -0.25) is 9.13 Å². The molecule has 0 bridgehead atoms. The van der Waals surface area contributed by atoms with Crippen LogP contribution in [0.2, 0.25) is 0 Å². The van der Waals surface area contributed by atoms with Crippen LogP contribution < -0.4 is 5.69 Å². The Bertz CT molecular complexity index is 1570. The molecule has 0 spiro atoms. The van der Waals surface area contributed by atoms with E-state index in [2.05, 4.69) is 10.2 Å². The van der Waals surface area contributed by atoms with Gasteiger partial charge in [0.15, 0.2) is 0 Å². The number of benzene rings is 2. The highest BCUT2D eigenvalue weighted by atomic mass is 32.2. The molecule has 1 aliphatic heterocycles. The van der Waals surface area contributed by atoms with Crippen LogP contribution in [0.1, 0.15) is 36.8 Å².